The number of nitrogen functional groups attached to an aromatic ring is 1. The zero-order chi connectivity index (χ0) is 12.3. The van der Waals surface area contributed by atoms with Gasteiger partial charge in [-0.15, -0.1) is 10.2 Å². The summed E-state index contributed by atoms with van der Waals surface area (Å²) in [4.78, 5) is 0. The van der Waals surface area contributed by atoms with Crippen molar-refractivity contribution in [2.24, 2.45) is 0 Å². The Labute approximate surface area is 101 Å². The molecule has 0 aliphatic rings. The van der Waals surface area contributed by atoms with Gasteiger partial charge in [0.05, 0.1) is 0 Å². The van der Waals surface area contributed by atoms with Crippen LogP contribution in [-0.4, -0.2) is 14.8 Å². The number of aromatic nitrogens is 3. The molecule has 0 atom stereocenters. The Bertz CT molecular complexity index is 470. The van der Waals surface area contributed by atoms with Crippen LogP contribution in [0.4, 0.5) is 5.69 Å². The second-order valence-electron chi connectivity index (χ2n) is 4.49. The second-order valence-corrected chi connectivity index (χ2v) is 4.49. The van der Waals surface area contributed by atoms with Gasteiger partial charge < -0.3 is 10.3 Å². The van der Waals surface area contributed by atoms with Crippen molar-refractivity contribution in [2.75, 3.05) is 5.73 Å². The van der Waals surface area contributed by atoms with E-state index in [9.17, 15) is 0 Å². The third-order valence-corrected chi connectivity index (χ3v) is 2.82. The zero-order valence-corrected chi connectivity index (χ0v) is 10.3. The summed E-state index contributed by atoms with van der Waals surface area (Å²) in [5.41, 5.74) is 7.73. The highest BCUT2D eigenvalue weighted by Crippen LogP contribution is 2.11. The van der Waals surface area contributed by atoms with E-state index in [1.807, 2.05) is 12.1 Å². The molecule has 1 heterocycles. The van der Waals surface area contributed by atoms with Gasteiger partial charge in [0.1, 0.15) is 12.2 Å². The lowest BCUT2D eigenvalue weighted by molar-refractivity contribution is 0.565. The van der Waals surface area contributed by atoms with Crippen molar-refractivity contribution in [1.29, 1.82) is 0 Å². The molecule has 0 amide bonds. The van der Waals surface area contributed by atoms with Crippen LogP contribution in [0.3, 0.4) is 0 Å². The van der Waals surface area contributed by atoms with Gasteiger partial charge in [-0.05, 0) is 38.0 Å². The fourth-order valence-corrected chi connectivity index (χ4v) is 1.82. The first-order chi connectivity index (χ1) is 8.16. The third kappa shape index (κ3) is 2.84. The molecule has 4 nitrogen and oxygen atoms in total. The average molecular weight is 230 g/mol. The summed E-state index contributed by atoms with van der Waals surface area (Å²) in [6.45, 7) is 4.27. The van der Waals surface area contributed by atoms with E-state index in [-0.39, 0.29) is 0 Å². The standard InChI is InChI=1S/C13H18N4/c1-10(2)17-9-15-16-13(17)8-5-11-3-6-12(14)7-4-11/h3-4,6-7,9-10H,5,8,14H2,1-2H3. The van der Waals surface area contributed by atoms with Gasteiger partial charge in [-0.3, -0.25) is 0 Å². The Kier molecular flexibility index (Phi) is 3.42. The molecule has 4 heteroatoms. The van der Waals surface area contributed by atoms with Gasteiger partial charge in [0, 0.05) is 18.2 Å². The number of nitrogens with zero attached hydrogens (tertiary/aromatic N) is 3. The summed E-state index contributed by atoms with van der Waals surface area (Å²) >= 11 is 0. The molecule has 0 radical (unpaired) electrons. The monoisotopic (exact) mass is 230 g/mol. The summed E-state index contributed by atoms with van der Waals surface area (Å²) in [6, 6.07) is 8.40. The van der Waals surface area contributed by atoms with E-state index in [1.54, 1.807) is 6.33 Å². The van der Waals surface area contributed by atoms with Gasteiger partial charge in [0.2, 0.25) is 0 Å². The number of hydrogen-bond donors (Lipinski definition) is 1. The molecule has 90 valence electrons. The van der Waals surface area contributed by atoms with Crippen molar-refractivity contribution < 1.29 is 0 Å². The first kappa shape index (κ1) is 11.6. The van der Waals surface area contributed by atoms with Gasteiger partial charge in [0.25, 0.3) is 0 Å². The molecule has 0 fully saturated rings. The highest BCUT2D eigenvalue weighted by atomic mass is 15.3. The van der Waals surface area contributed by atoms with Crippen molar-refractivity contribution in [1.82, 2.24) is 14.8 Å². The highest BCUT2D eigenvalue weighted by molar-refractivity contribution is 5.39. The normalized spacial score (nSPS) is 11.0. The molecule has 0 aliphatic carbocycles. The van der Waals surface area contributed by atoms with E-state index in [0.29, 0.717) is 6.04 Å². The van der Waals surface area contributed by atoms with Gasteiger partial charge in [-0.1, -0.05) is 12.1 Å². The zero-order valence-electron chi connectivity index (χ0n) is 10.3. The van der Waals surface area contributed by atoms with Crippen LogP contribution in [0, 0.1) is 0 Å². The predicted octanol–water partition coefficient (Wildman–Crippen LogP) is 2.23. The first-order valence-corrected chi connectivity index (χ1v) is 5.89. The Morgan fingerprint density at radius 2 is 1.88 bits per heavy atom. The van der Waals surface area contributed by atoms with Crippen molar-refractivity contribution in [3.05, 3.63) is 42.0 Å². The van der Waals surface area contributed by atoms with Crippen LogP contribution in [0.2, 0.25) is 0 Å². The molecule has 2 rings (SSSR count). The van der Waals surface area contributed by atoms with Crippen molar-refractivity contribution in [3.8, 4) is 0 Å². The molecule has 2 N–H and O–H groups in total. The molecule has 0 saturated carbocycles. The molecular weight excluding hydrogens is 212 g/mol. The topological polar surface area (TPSA) is 56.7 Å². The minimum atomic E-state index is 0.409. The lowest BCUT2D eigenvalue weighted by Crippen LogP contribution is -2.06. The predicted molar refractivity (Wildman–Crippen MR) is 68.7 cm³/mol. The van der Waals surface area contributed by atoms with E-state index in [1.165, 1.54) is 5.56 Å². The number of benzene rings is 1. The number of anilines is 1. The fraction of sp³-hybridized carbons (Fsp3) is 0.385. The Hall–Kier alpha value is -1.84. The first-order valence-electron chi connectivity index (χ1n) is 5.89. The Balaban J connectivity index is 2.02. The second kappa shape index (κ2) is 4.99. The lowest BCUT2D eigenvalue weighted by Gasteiger charge is -2.09. The number of aryl methyl sites for hydroxylation is 2. The van der Waals surface area contributed by atoms with Crippen LogP contribution in [0.1, 0.15) is 31.3 Å². The molecule has 2 aromatic rings. The summed E-state index contributed by atoms with van der Waals surface area (Å²) in [5.74, 6) is 1.04. The third-order valence-electron chi connectivity index (χ3n) is 2.82. The molecule has 1 aromatic heterocycles. The van der Waals surface area contributed by atoms with E-state index in [2.05, 4.69) is 40.7 Å². The van der Waals surface area contributed by atoms with Crippen molar-refractivity contribution in [2.45, 2.75) is 32.7 Å². The number of hydrogen-bond acceptors (Lipinski definition) is 3. The Morgan fingerprint density at radius 3 is 2.53 bits per heavy atom. The van der Waals surface area contributed by atoms with Crippen LogP contribution in [-0.2, 0) is 12.8 Å². The molecule has 0 unspecified atom stereocenters. The van der Waals surface area contributed by atoms with Crippen LogP contribution in [0.5, 0.6) is 0 Å². The van der Waals surface area contributed by atoms with Gasteiger partial charge >= 0.3 is 0 Å². The van der Waals surface area contributed by atoms with E-state index >= 15 is 0 Å². The minimum absolute atomic E-state index is 0.409. The lowest BCUT2D eigenvalue weighted by atomic mass is 10.1. The van der Waals surface area contributed by atoms with E-state index in [4.69, 9.17) is 5.73 Å². The molecule has 0 aliphatic heterocycles. The quantitative estimate of drug-likeness (QED) is 0.819. The van der Waals surface area contributed by atoms with Gasteiger partial charge in [-0.2, -0.15) is 0 Å². The smallest absolute Gasteiger partial charge is 0.133 e. The number of rotatable bonds is 4. The van der Waals surface area contributed by atoms with Gasteiger partial charge in [0.15, 0.2) is 0 Å². The average Bonchev–Trinajstić information content (AvgIpc) is 2.76. The van der Waals surface area contributed by atoms with Crippen LogP contribution >= 0.6 is 0 Å². The maximum absolute atomic E-state index is 5.65. The fourth-order valence-electron chi connectivity index (χ4n) is 1.82. The highest BCUT2D eigenvalue weighted by Gasteiger charge is 2.07. The summed E-state index contributed by atoms with van der Waals surface area (Å²) in [5, 5.41) is 8.12. The minimum Gasteiger partial charge on any atom is -0.399 e. The molecule has 0 saturated heterocycles. The summed E-state index contributed by atoms with van der Waals surface area (Å²) in [6.07, 6.45) is 3.66. The van der Waals surface area contributed by atoms with Crippen LogP contribution < -0.4 is 5.73 Å². The Morgan fingerprint density at radius 1 is 1.18 bits per heavy atom. The molecular formula is C13H18N4. The molecule has 0 spiro atoms. The molecule has 0 bridgehead atoms. The summed E-state index contributed by atoms with van der Waals surface area (Å²) in [7, 11) is 0. The van der Waals surface area contributed by atoms with Crippen molar-refractivity contribution in [3.63, 3.8) is 0 Å². The van der Waals surface area contributed by atoms with E-state index < -0.39 is 0 Å². The van der Waals surface area contributed by atoms with Crippen molar-refractivity contribution >= 4 is 5.69 Å². The van der Waals surface area contributed by atoms with Crippen LogP contribution in [0.15, 0.2) is 30.6 Å². The molecule has 1 aromatic carbocycles. The SMILES string of the molecule is CC(C)n1cnnc1CCc1ccc(N)cc1. The largest absolute Gasteiger partial charge is 0.399 e. The van der Waals surface area contributed by atoms with E-state index in [0.717, 1.165) is 24.4 Å². The maximum atomic E-state index is 5.65. The molecule has 17 heavy (non-hydrogen) atoms. The summed E-state index contributed by atoms with van der Waals surface area (Å²) < 4.78 is 2.11. The van der Waals surface area contributed by atoms with Crippen LogP contribution in [0.25, 0.3) is 0 Å². The maximum Gasteiger partial charge on any atom is 0.133 e. The number of nitrogens with two attached hydrogens (primary N) is 1. The van der Waals surface area contributed by atoms with Gasteiger partial charge in [-0.25, -0.2) is 0 Å².